The van der Waals surface area contributed by atoms with Crippen LogP contribution in [0.15, 0.2) is 30.2 Å². The highest BCUT2D eigenvalue weighted by Gasteiger charge is 2.16. The summed E-state index contributed by atoms with van der Waals surface area (Å²) in [5, 5.41) is 0. The molecular weight excluding hydrogens is 283 g/mol. The highest BCUT2D eigenvalue weighted by Crippen LogP contribution is 2.35. The third-order valence-electron chi connectivity index (χ3n) is 2.15. The number of aliphatic imine (C=N–C) groups is 1. The van der Waals surface area contributed by atoms with E-state index < -0.39 is 13.9 Å². The van der Waals surface area contributed by atoms with Crippen molar-refractivity contribution in [3.8, 4) is 0 Å². The highest BCUT2D eigenvalue weighted by molar-refractivity contribution is 7.51. The van der Waals surface area contributed by atoms with Gasteiger partial charge >= 0.3 is 7.60 Å². The minimum Gasteiger partial charge on any atom is -0.484 e. The molecule has 1 aromatic rings. The van der Waals surface area contributed by atoms with Gasteiger partial charge in [0.2, 0.25) is 0 Å². The van der Waals surface area contributed by atoms with Gasteiger partial charge in [-0.2, -0.15) is 0 Å². The maximum atomic E-state index is 10.7. The van der Waals surface area contributed by atoms with Crippen molar-refractivity contribution in [2.24, 2.45) is 10.7 Å². The summed E-state index contributed by atoms with van der Waals surface area (Å²) in [6.07, 6.45) is 2.32. The van der Waals surface area contributed by atoms with Gasteiger partial charge in [0.1, 0.15) is 11.5 Å². The Morgan fingerprint density at radius 3 is 2.80 bits per heavy atom. The second-order valence-corrected chi connectivity index (χ2v) is 5.52. The lowest BCUT2D eigenvalue weighted by molar-refractivity contribution is 0.217. The predicted molar refractivity (Wildman–Crippen MR) is 76.4 cm³/mol. The smallest absolute Gasteiger partial charge is 0.362 e. The Hall–Kier alpha value is -1.89. The number of hydrogen-bond acceptors (Lipinski definition) is 5. The van der Waals surface area contributed by atoms with E-state index in [2.05, 4.69) is 23.1 Å². The molecule has 0 fully saturated rings. The zero-order chi connectivity index (χ0) is 15.3. The van der Waals surface area contributed by atoms with Crippen molar-refractivity contribution in [3.63, 3.8) is 0 Å². The van der Waals surface area contributed by atoms with Crippen LogP contribution in [0.25, 0.3) is 5.70 Å². The molecule has 0 radical (unpaired) electrons. The van der Waals surface area contributed by atoms with E-state index in [1.165, 1.54) is 6.33 Å². The van der Waals surface area contributed by atoms with Crippen LogP contribution in [0.1, 0.15) is 12.6 Å². The fraction of sp³-hybridized carbons (Fsp3) is 0.273. The van der Waals surface area contributed by atoms with Crippen LogP contribution in [0, 0.1) is 0 Å². The van der Waals surface area contributed by atoms with E-state index in [9.17, 15) is 4.57 Å². The summed E-state index contributed by atoms with van der Waals surface area (Å²) in [6, 6.07) is 0. The SMILES string of the molecule is C=C(Cn1cnc(C(=C)N)c1N=CC)OCP(=O)(O)O. The monoisotopic (exact) mass is 300 g/mol. The lowest BCUT2D eigenvalue weighted by atomic mass is 10.3. The van der Waals surface area contributed by atoms with Crippen LogP contribution in [0.2, 0.25) is 0 Å². The lowest BCUT2D eigenvalue weighted by Crippen LogP contribution is -2.04. The van der Waals surface area contributed by atoms with Crippen molar-refractivity contribution in [1.82, 2.24) is 9.55 Å². The van der Waals surface area contributed by atoms with Gasteiger partial charge in [-0.25, -0.2) is 9.98 Å². The molecular formula is C11H17N4O4P. The molecule has 4 N–H and O–H groups in total. The molecule has 1 aromatic heterocycles. The topological polar surface area (TPSA) is 123 Å². The fourth-order valence-electron chi connectivity index (χ4n) is 1.39. The van der Waals surface area contributed by atoms with E-state index in [-0.39, 0.29) is 18.0 Å². The van der Waals surface area contributed by atoms with Crippen molar-refractivity contribution in [2.45, 2.75) is 13.5 Å². The molecule has 0 bridgehead atoms. The van der Waals surface area contributed by atoms with Gasteiger partial charge in [-0.05, 0) is 6.92 Å². The van der Waals surface area contributed by atoms with Crippen molar-refractivity contribution in [2.75, 3.05) is 6.35 Å². The third-order valence-corrected chi connectivity index (χ3v) is 2.61. The van der Waals surface area contributed by atoms with Gasteiger partial charge in [0, 0.05) is 6.21 Å². The Morgan fingerprint density at radius 1 is 1.65 bits per heavy atom. The molecule has 9 heteroatoms. The van der Waals surface area contributed by atoms with Gasteiger partial charge in [0.15, 0.2) is 12.2 Å². The average molecular weight is 300 g/mol. The standard InChI is InChI=1S/C11H17N4O4P/c1-4-13-11-10(9(3)12)14-6-15(11)5-8(2)19-7-20(16,17)18/h4,6H,2-3,5,7,12H2,1H3,(H2,16,17,18). The van der Waals surface area contributed by atoms with Crippen molar-refractivity contribution in [1.29, 1.82) is 0 Å². The first-order chi connectivity index (χ1) is 9.24. The van der Waals surface area contributed by atoms with Gasteiger partial charge in [-0.3, -0.25) is 4.57 Å². The molecule has 0 spiro atoms. The van der Waals surface area contributed by atoms with Gasteiger partial charge in [0.05, 0.1) is 18.6 Å². The maximum absolute atomic E-state index is 10.7. The molecule has 0 unspecified atom stereocenters. The zero-order valence-corrected chi connectivity index (χ0v) is 12.0. The number of rotatable bonds is 7. The molecule has 8 nitrogen and oxygen atoms in total. The van der Waals surface area contributed by atoms with E-state index in [0.29, 0.717) is 11.5 Å². The van der Waals surface area contributed by atoms with E-state index in [4.69, 9.17) is 20.3 Å². The van der Waals surface area contributed by atoms with Gasteiger partial charge in [0.25, 0.3) is 0 Å². The van der Waals surface area contributed by atoms with Crippen LogP contribution in [0.4, 0.5) is 5.82 Å². The van der Waals surface area contributed by atoms with Crippen molar-refractivity contribution < 1.29 is 19.1 Å². The zero-order valence-electron chi connectivity index (χ0n) is 11.1. The molecule has 0 aromatic carbocycles. The Balaban J connectivity index is 2.85. The second kappa shape index (κ2) is 6.51. The molecule has 0 saturated carbocycles. The maximum Gasteiger partial charge on any atom is 0.362 e. The number of imidazole rings is 1. The van der Waals surface area contributed by atoms with Gasteiger partial charge < -0.3 is 24.8 Å². The van der Waals surface area contributed by atoms with Crippen LogP contribution in [0.3, 0.4) is 0 Å². The summed E-state index contributed by atoms with van der Waals surface area (Å²) in [4.78, 5) is 25.6. The summed E-state index contributed by atoms with van der Waals surface area (Å²) in [7, 11) is -4.23. The number of nitrogens with two attached hydrogens (primary N) is 1. The fourth-order valence-corrected chi connectivity index (χ4v) is 1.74. The Labute approximate surface area is 116 Å². The Morgan fingerprint density at radius 2 is 2.30 bits per heavy atom. The molecule has 0 aliphatic rings. The lowest BCUT2D eigenvalue weighted by Gasteiger charge is -2.11. The first kappa shape index (κ1) is 16.2. The highest BCUT2D eigenvalue weighted by atomic mass is 31.2. The van der Waals surface area contributed by atoms with Crippen LogP contribution in [0.5, 0.6) is 0 Å². The Kier molecular flexibility index (Phi) is 5.26. The number of allylic oxidation sites excluding steroid dienone is 1. The average Bonchev–Trinajstić information content (AvgIpc) is 2.70. The van der Waals surface area contributed by atoms with Crippen LogP contribution >= 0.6 is 7.60 Å². The molecule has 0 atom stereocenters. The first-order valence-electron chi connectivity index (χ1n) is 5.58. The molecule has 0 aliphatic carbocycles. The number of nitrogens with zero attached hydrogens (tertiary/aromatic N) is 3. The summed E-state index contributed by atoms with van der Waals surface area (Å²) in [6.45, 7) is 9.07. The molecule has 0 aliphatic heterocycles. The molecule has 1 heterocycles. The largest absolute Gasteiger partial charge is 0.484 e. The summed E-state index contributed by atoms with van der Waals surface area (Å²) in [5.74, 6) is 0.647. The van der Waals surface area contributed by atoms with E-state index in [1.54, 1.807) is 17.7 Å². The minimum absolute atomic E-state index is 0.146. The Bertz CT molecular complexity index is 587. The summed E-state index contributed by atoms with van der Waals surface area (Å²) in [5.41, 5.74) is 6.31. The molecule has 110 valence electrons. The second-order valence-electron chi connectivity index (χ2n) is 3.93. The summed E-state index contributed by atoms with van der Waals surface area (Å²) < 4.78 is 17.2. The van der Waals surface area contributed by atoms with Crippen molar-refractivity contribution >= 4 is 25.3 Å². The number of hydrogen-bond donors (Lipinski definition) is 3. The quantitative estimate of drug-likeness (QED) is 0.395. The summed E-state index contributed by atoms with van der Waals surface area (Å²) >= 11 is 0. The van der Waals surface area contributed by atoms with Crippen LogP contribution < -0.4 is 5.73 Å². The van der Waals surface area contributed by atoms with Crippen molar-refractivity contribution in [3.05, 3.63) is 30.9 Å². The molecule has 20 heavy (non-hydrogen) atoms. The van der Waals surface area contributed by atoms with Gasteiger partial charge in [-0.1, -0.05) is 13.2 Å². The number of aromatic nitrogens is 2. The van der Waals surface area contributed by atoms with E-state index in [1.807, 2.05) is 0 Å². The molecule has 0 amide bonds. The third kappa shape index (κ3) is 4.65. The van der Waals surface area contributed by atoms with Crippen LogP contribution in [-0.4, -0.2) is 31.9 Å². The molecule has 1 rings (SSSR count). The van der Waals surface area contributed by atoms with E-state index >= 15 is 0 Å². The minimum atomic E-state index is -4.23. The van der Waals surface area contributed by atoms with E-state index in [0.717, 1.165) is 0 Å². The normalized spacial score (nSPS) is 11.8. The predicted octanol–water partition coefficient (Wildman–Crippen LogP) is 1.20. The number of ether oxygens (including phenoxy) is 1. The van der Waals surface area contributed by atoms with Gasteiger partial charge in [-0.15, -0.1) is 0 Å². The molecule has 0 saturated heterocycles. The first-order valence-corrected chi connectivity index (χ1v) is 7.38. The van der Waals surface area contributed by atoms with Crippen LogP contribution in [-0.2, 0) is 15.8 Å².